The first-order valence-electron chi connectivity index (χ1n) is 4.54. The molecule has 1 aliphatic rings. The summed E-state index contributed by atoms with van der Waals surface area (Å²) >= 11 is 0. The number of carbonyl (C=O) groups is 1. The Hall–Kier alpha value is -1.31. The van der Waals surface area contributed by atoms with E-state index in [1.54, 1.807) is 13.0 Å². The predicted octanol–water partition coefficient (Wildman–Crippen LogP) is 2.38. The third kappa shape index (κ3) is 3.74. The first kappa shape index (κ1) is 9.78. The fourth-order valence-electron chi connectivity index (χ4n) is 1.11. The number of carbonyl (C=O) groups excluding carboxylic acids is 1. The summed E-state index contributed by atoms with van der Waals surface area (Å²) in [6, 6.07) is 0. The fourth-order valence-corrected chi connectivity index (χ4v) is 1.11. The van der Waals surface area contributed by atoms with E-state index in [2.05, 4.69) is 12.2 Å². The highest BCUT2D eigenvalue weighted by atomic mass is 16.5. The van der Waals surface area contributed by atoms with Crippen molar-refractivity contribution in [1.82, 2.24) is 0 Å². The molecule has 0 saturated carbocycles. The molecular formula is C11H14O2. The van der Waals surface area contributed by atoms with E-state index in [0.717, 1.165) is 18.4 Å². The number of allylic oxidation sites excluding steroid dienone is 5. The number of rotatable bonds is 3. The first-order valence-corrected chi connectivity index (χ1v) is 4.54. The number of hydrogen-bond donors (Lipinski definition) is 0. The summed E-state index contributed by atoms with van der Waals surface area (Å²) in [7, 11) is 0. The molecule has 0 N–H and O–H groups in total. The van der Waals surface area contributed by atoms with Gasteiger partial charge in [-0.05, 0) is 31.4 Å². The molecule has 0 aromatic carbocycles. The largest absolute Gasteiger partial charge is 0.463 e. The molecule has 2 heteroatoms. The Morgan fingerprint density at radius 2 is 2.46 bits per heavy atom. The van der Waals surface area contributed by atoms with Crippen molar-refractivity contribution in [2.24, 2.45) is 0 Å². The monoisotopic (exact) mass is 178 g/mol. The van der Waals surface area contributed by atoms with Gasteiger partial charge in [0.2, 0.25) is 0 Å². The molecular weight excluding hydrogens is 164 g/mol. The molecule has 0 atom stereocenters. The Labute approximate surface area is 78.6 Å². The second-order valence-electron chi connectivity index (χ2n) is 2.77. The van der Waals surface area contributed by atoms with E-state index >= 15 is 0 Å². The minimum atomic E-state index is -0.276. The molecule has 0 bridgehead atoms. The van der Waals surface area contributed by atoms with Crippen LogP contribution in [0.15, 0.2) is 36.0 Å². The third-order valence-corrected chi connectivity index (χ3v) is 1.72. The quantitative estimate of drug-likeness (QED) is 0.490. The first-order chi connectivity index (χ1) is 6.33. The predicted molar refractivity (Wildman–Crippen MR) is 52.2 cm³/mol. The molecule has 0 aromatic rings. The SMILES string of the molecule is CCOC(=O)/C=C/C1=CCCC=C1. The van der Waals surface area contributed by atoms with Crippen LogP contribution in [0.25, 0.3) is 0 Å². The van der Waals surface area contributed by atoms with Crippen molar-refractivity contribution in [2.75, 3.05) is 6.61 Å². The Kier molecular flexibility index (Phi) is 4.03. The standard InChI is InChI=1S/C11H14O2/c1-2-13-11(12)9-8-10-6-4-3-5-7-10/h4,6-9H,2-3,5H2,1H3/b9-8+. The number of esters is 1. The minimum Gasteiger partial charge on any atom is -0.463 e. The molecule has 0 spiro atoms. The normalized spacial score (nSPS) is 15.9. The van der Waals surface area contributed by atoms with Crippen molar-refractivity contribution in [3.63, 3.8) is 0 Å². The molecule has 0 aliphatic heterocycles. The summed E-state index contributed by atoms with van der Waals surface area (Å²) in [4.78, 5) is 10.9. The second kappa shape index (κ2) is 5.36. The average molecular weight is 178 g/mol. The highest BCUT2D eigenvalue weighted by Gasteiger charge is 1.95. The maximum Gasteiger partial charge on any atom is 0.330 e. The van der Waals surface area contributed by atoms with Gasteiger partial charge in [0.25, 0.3) is 0 Å². The van der Waals surface area contributed by atoms with Crippen molar-refractivity contribution >= 4 is 5.97 Å². The van der Waals surface area contributed by atoms with Crippen molar-refractivity contribution in [2.45, 2.75) is 19.8 Å². The molecule has 0 amide bonds. The van der Waals surface area contributed by atoms with Crippen LogP contribution in [0.2, 0.25) is 0 Å². The van der Waals surface area contributed by atoms with Crippen molar-refractivity contribution in [3.05, 3.63) is 36.0 Å². The smallest absolute Gasteiger partial charge is 0.330 e. The van der Waals surface area contributed by atoms with Gasteiger partial charge in [0.15, 0.2) is 0 Å². The molecule has 0 unspecified atom stereocenters. The van der Waals surface area contributed by atoms with Crippen LogP contribution in [0.1, 0.15) is 19.8 Å². The molecule has 13 heavy (non-hydrogen) atoms. The highest BCUT2D eigenvalue weighted by molar-refractivity contribution is 5.82. The second-order valence-corrected chi connectivity index (χ2v) is 2.77. The average Bonchev–Trinajstić information content (AvgIpc) is 2.17. The van der Waals surface area contributed by atoms with E-state index in [4.69, 9.17) is 4.74 Å². The lowest BCUT2D eigenvalue weighted by molar-refractivity contribution is -0.137. The van der Waals surface area contributed by atoms with Crippen LogP contribution in [0.3, 0.4) is 0 Å². The lowest BCUT2D eigenvalue weighted by Crippen LogP contribution is -1.98. The molecule has 0 radical (unpaired) electrons. The number of hydrogen-bond acceptors (Lipinski definition) is 2. The molecule has 0 heterocycles. The summed E-state index contributed by atoms with van der Waals surface area (Å²) in [5, 5.41) is 0. The van der Waals surface area contributed by atoms with Gasteiger partial charge in [-0.25, -0.2) is 4.79 Å². The molecule has 1 rings (SSSR count). The van der Waals surface area contributed by atoms with Crippen molar-refractivity contribution in [3.8, 4) is 0 Å². The number of ether oxygens (including phenoxy) is 1. The Morgan fingerprint density at radius 3 is 3.08 bits per heavy atom. The van der Waals surface area contributed by atoms with Crippen LogP contribution in [-0.4, -0.2) is 12.6 Å². The molecule has 0 saturated heterocycles. The highest BCUT2D eigenvalue weighted by Crippen LogP contribution is 2.10. The van der Waals surface area contributed by atoms with Crippen LogP contribution in [0.4, 0.5) is 0 Å². The minimum absolute atomic E-state index is 0.276. The van der Waals surface area contributed by atoms with Gasteiger partial charge in [0, 0.05) is 6.08 Å². The van der Waals surface area contributed by atoms with Gasteiger partial charge in [-0.3, -0.25) is 0 Å². The van der Waals surface area contributed by atoms with E-state index in [1.807, 2.05) is 6.08 Å². The zero-order chi connectivity index (χ0) is 9.52. The molecule has 0 aromatic heterocycles. The van der Waals surface area contributed by atoms with Gasteiger partial charge in [-0.1, -0.05) is 18.2 Å². The van der Waals surface area contributed by atoms with Crippen LogP contribution in [0, 0.1) is 0 Å². The van der Waals surface area contributed by atoms with Crippen LogP contribution >= 0.6 is 0 Å². The van der Waals surface area contributed by atoms with Crippen molar-refractivity contribution in [1.29, 1.82) is 0 Å². The molecule has 0 fully saturated rings. The summed E-state index contributed by atoms with van der Waals surface area (Å²) in [5.74, 6) is -0.276. The Morgan fingerprint density at radius 1 is 1.62 bits per heavy atom. The van der Waals surface area contributed by atoms with Gasteiger partial charge >= 0.3 is 5.97 Å². The van der Waals surface area contributed by atoms with E-state index in [-0.39, 0.29) is 5.97 Å². The zero-order valence-corrected chi connectivity index (χ0v) is 7.82. The third-order valence-electron chi connectivity index (χ3n) is 1.72. The summed E-state index contributed by atoms with van der Waals surface area (Å²) < 4.78 is 4.76. The van der Waals surface area contributed by atoms with Gasteiger partial charge in [-0.15, -0.1) is 0 Å². The summed E-state index contributed by atoms with van der Waals surface area (Å²) in [5.41, 5.74) is 1.08. The topological polar surface area (TPSA) is 26.3 Å². The maximum atomic E-state index is 10.9. The van der Waals surface area contributed by atoms with Gasteiger partial charge in [0.1, 0.15) is 0 Å². The molecule has 1 aliphatic carbocycles. The van der Waals surface area contributed by atoms with Crippen LogP contribution < -0.4 is 0 Å². The van der Waals surface area contributed by atoms with Gasteiger partial charge in [0.05, 0.1) is 6.61 Å². The molecule has 2 nitrogen and oxygen atoms in total. The van der Waals surface area contributed by atoms with Gasteiger partial charge < -0.3 is 4.74 Å². The summed E-state index contributed by atoms with van der Waals surface area (Å²) in [6.07, 6.45) is 11.6. The summed E-state index contributed by atoms with van der Waals surface area (Å²) in [6.45, 7) is 2.23. The zero-order valence-electron chi connectivity index (χ0n) is 7.82. The Balaban J connectivity index is 2.43. The van der Waals surface area contributed by atoms with Crippen LogP contribution in [-0.2, 0) is 9.53 Å². The lowest BCUT2D eigenvalue weighted by Gasteiger charge is -2.00. The van der Waals surface area contributed by atoms with E-state index in [0.29, 0.717) is 6.61 Å². The van der Waals surface area contributed by atoms with E-state index in [9.17, 15) is 4.79 Å². The Bertz CT molecular complexity index is 259. The van der Waals surface area contributed by atoms with Crippen LogP contribution in [0.5, 0.6) is 0 Å². The van der Waals surface area contributed by atoms with E-state index in [1.165, 1.54) is 6.08 Å². The molecule has 70 valence electrons. The maximum absolute atomic E-state index is 10.9. The van der Waals surface area contributed by atoms with E-state index < -0.39 is 0 Å². The fraction of sp³-hybridized carbons (Fsp3) is 0.364. The lowest BCUT2D eigenvalue weighted by atomic mass is 10.1. The van der Waals surface area contributed by atoms with Gasteiger partial charge in [-0.2, -0.15) is 0 Å². The van der Waals surface area contributed by atoms with Crippen molar-refractivity contribution < 1.29 is 9.53 Å².